The van der Waals surface area contributed by atoms with Gasteiger partial charge in [0, 0.05) is 23.9 Å². The zero-order valence-corrected chi connectivity index (χ0v) is 18.3. The van der Waals surface area contributed by atoms with Crippen LogP contribution in [0.5, 0.6) is 0 Å². The summed E-state index contributed by atoms with van der Waals surface area (Å²) >= 11 is 0. The number of aromatic nitrogens is 3. The molecule has 1 aromatic carbocycles. The van der Waals surface area contributed by atoms with E-state index in [1.165, 1.54) is 6.33 Å². The average molecular weight is 462 g/mol. The molecule has 0 aliphatic carbocycles. The second-order valence-corrected chi connectivity index (χ2v) is 8.03. The molecule has 0 radical (unpaired) electrons. The van der Waals surface area contributed by atoms with E-state index in [0.29, 0.717) is 35.5 Å². The van der Waals surface area contributed by atoms with Gasteiger partial charge in [-0.05, 0) is 42.8 Å². The summed E-state index contributed by atoms with van der Waals surface area (Å²) in [6, 6.07) is 6.47. The predicted octanol–water partition coefficient (Wildman–Crippen LogP) is 1.96. The number of imide groups is 1. The fourth-order valence-corrected chi connectivity index (χ4v) is 4.14. The number of allylic oxidation sites excluding steroid dienone is 1. The lowest BCUT2D eigenvalue weighted by molar-refractivity contribution is -0.133. The second-order valence-electron chi connectivity index (χ2n) is 8.03. The van der Waals surface area contributed by atoms with Crippen LogP contribution in [0.4, 0.5) is 4.79 Å². The normalized spacial score (nSPS) is 21.0. The first-order chi connectivity index (χ1) is 16.5. The summed E-state index contributed by atoms with van der Waals surface area (Å²) in [5, 5.41) is 12.4. The number of hydrogen-bond donors (Lipinski definition) is 3. The zero-order valence-electron chi connectivity index (χ0n) is 18.3. The summed E-state index contributed by atoms with van der Waals surface area (Å²) in [7, 11) is 1.54. The van der Waals surface area contributed by atoms with Gasteiger partial charge in [-0.25, -0.2) is 9.78 Å². The fraction of sp³-hybridized carbons (Fsp3) is 0.261. The molecule has 4 heterocycles. The second kappa shape index (κ2) is 8.50. The number of ether oxygens (including phenoxy) is 1. The maximum atomic E-state index is 13.1. The molecule has 2 aliphatic rings. The van der Waals surface area contributed by atoms with Crippen molar-refractivity contribution in [2.24, 2.45) is 0 Å². The summed E-state index contributed by atoms with van der Waals surface area (Å²) in [6.07, 6.45) is 7.45. The Morgan fingerprint density at radius 3 is 2.85 bits per heavy atom. The fourth-order valence-electron chi connectivity index (χ4n) is 4.14. The van der Waals surface area contributed by atoms with E-state index in [0.717, 1.165) is 5.56 Å². The van der Waals surface area contributed by atoms with E-state index in [-0.39, 0.29) is 24.6 Å². The third-order valence-corrected chi connectivity index (χ3v) is 5.91. The van der Waals surface area contributed by atoms with Crippen molar-refractivity contribution in [2.75, 3.05) is 20.2 Å². The van der Waals surface area contributed by atoms with E-state index >= 15 is 0 Å². The number of furan rings is 1. The maximum Gasteiger partial charge on any atom is 0.322 e. The molecule has 3 aromatic rings. The Balaban J connectivity index is 1.51. The quantitative estimate of drug-likeness (QED) is 0.492. The molecule has 5 rings (SSSR count). The Morgan fingerprint density at radius 1 is 1.24 bits per heavy atom. The number of rotatable bonds is 5. The number of nitrogens with zero attached hydrogens (tertiary/aromatic N) is 3. The summed E-state index contributed by atoms with van der Waals surface area (Å²) in [6.45, 7) is 0.281. The third kappa shape index (κ3) is 3.81. The van der Waals surface area contributed by atoms with Crippen LogP contribution in [0.1, 0.15) is 18.6 Å². The highest BCUT2D eigenvalue weighted by Crippen LogP contribution is 2.33. The largest absolute Gasteiger partial charge is 0.497 e. The molecule has 1 atom stereocenters. The van der Waals surface area contributed by atoms with Gasteiger partial charge in [-0.1, -0.05) is 6.08 Å². The molecule has 2 aromatic heterocycles. The third-order valence-electron chi connectivity index (χ3n) is 5.91. The lowest BCUT2D eigenvalue weighted by Gasteiger charge is -2.31. The van der Waals surface area contributed by atoms with Gasteiger partial charge >= 0.3 is 6.03 Å². The molecule has 11 heteroatoms. The molecule has 0 spiro atoms. The molecule has 11 nitrogen and oxygen atoms in total. The number of nitrogens with one attached hydrogen (secondary N) is 3. The van der Waals surface area contributed by atoms with E-state index < -0.39 is 17.5 Å². The van der Waals surface area contributed by atoms with Crippen LogP contribution in [-0.2, 0) is 19.9 Å². The van der Waals surface area contributed by atoms with E-state index in [9.17, 15) is 14.4 Å². The molecule has 1 unspecified atom stereocenters. The molecule has 34 heavy (non-hydrogen) atoms. The number of fused-ring (bicyclic) bond motifs is 1. The van der Waals surface area contributed by atoms with Gasteiger partial charge in [-0.3, -0.25) is 20.0 Å². The summed E-state index contributed by atoms with van der Waals surface area (Å²) in [4.78, 5) is 44.0. The number of hydrogen-bond acceptors (Lipinski definition) is 7. The minimum atomic E-state index is -1.57. The standard InChI is InChI=1S/C23H22N6O5/c1-33-16-4-2-3-9-29(19(30)8-6-16)12-23(21(31)26-22(32)27-23)18-11-15-10-14(5-7-17(15)34-18)20-24-13-25-28-20/h2,4-7,10-11,13H,3,8-9,12H2,1H3,(H,24,25,28)(H2,26,27,31,32). The first kappa shape index (κ1) is 21.4. The van der Waals surface area contributed by atoms with Crippen molar-refractivity contribution in [3.8, 4) is 11.4 Å². The summed E-state index contributed by atoms with van der Waals surface area (Å²) < 4.78 is 11.3. The van der Waals surface area contributed by atoms with Crippen molar-refractivity contribution in [1.29, 1.82) is 0 Å². The van der Waals surface area contributed by atoms with Crippen molar-refractivity contribution < 1.29 is 23.5 Å². The minimum absolute atomic E-state index is 0.0812. The van der Waals surface area contributed by atoms with Crippen LogP contribution < -0.4 is 10.6 Å². The van der Waals surface area contributed by atoms with Gasteiger partial charge in [-0.15, -0.1) is 0 Å². The highest BCUT2D eigenvalue weighted by Gasteiger charge is 2.52. The Bertz CT molecular complexity index is 1320. The number of methoxy groups -OCH3 is 1. The van der Waals surface area contributed by atoms with Crippen molar-refractivity contribution in [1.82, 2.24) is 30.7 Å². The number of carbonyl (C=O) groups excluding carboxylic acids is 3. The number of benzene rings is 1. The molecule has 1 fully saturated rings. The first-order valence-electron chi connectivity index (χ1n) is 10.7. The van der Waals surface area contributed by atoms with E-state index in [2.05, 4.69) is 25.8 Å². The van der Waals surface area contributed by atoms with Crippen molar-refractivity contribution in [3.63, 3.8) is 0 Å². The molecule has 0 bridgehead atoms. The minimum Gasteiger partial charge on any atom is -0.497 e. The smallest absolute Gasteiger partial charge is 0.322 e. The van der Waals surface area contributed by atoms with Gasteiger partial charge in [0.15, 0.2) is 11.4 Å². The van der Waals surface area contributed by atoms with Crippen LogP contribution >= 0.6 is 0 Å². The lowest BCUT2D eigenvalue weighted by atomic mass is 9.94. The number of carbonyl (C=O) groups is 3. The SMILES string of the molecule is COC1=CCC(=O)N(CC2(c3cc4cc(-c5ncn[nH]5)ccc4o3)NC(=O)NC2=O)CCC=C1. The van der Waals surface area contributed by atoms with Gasteiger partial charge in [0.05, 0.1) is 13.7 Å². The average Bonchev–Trinajstić information content (AvgIpc) is 3.56. The van der Waals surface area contributed by atoms with Crippen LogP contribution in [0.15, 0.2) is 59.0 Å². The van der Waals surface area contributed by atoms with Crippen LogP contribution in [-0.4, -0.2) is 58.1 Å². The van der Waals surface area contributed by atoms with Gasteiger partial charge in [0.1, 0.15) is 23.4 Å². The van der Waals surface area contributed by atoms with E-state index in [4.69, 9.17) is 9.15 Å². The van der Waals surface area contributed by atoms with Gasteiger partial charge in [0.25, 0.3) is 5.91 Å². The molecule has 174 valence electrons. The molecule has 0 saturated carbocycles. The number of amides is 4. The van der Waals surface area contributed by atoms with Gasteiger partial charge in [0.2, 0.25) is 5.91 Å². The van der Waals surface area contributed by atoms with Crippen LogP contribution in [0.3, 0.4) is 0 Å². The van der Waals surface area contributed by atoms with Crippen molar-refractivity contribution in [3.05, 3.63) is 60.3 Å². The lowest BCUT2D eigenvalue weighted by Crippen LogP contribution is -2.53. The van der Waals surface area contributed by atoms with E-state index in [1.54, 1.807) is 30.2 Å². The highest BCUT2D eigenvalue weighted by molar-refractivity contribution is 6.08. The number of urea groups is 1. The Morgan fingerprint density at radius 2 is 2.12 bits per heavy atom. The van der Waals surface area contributed by atoms with Crippen LogP contribution in [0.2, 0.25) is 0 Å². The van der Waals surface area contributed by atoms with Gasteiger partial charge in [-0.2, -0.15) is 5.10 Å². The Kier molecular flexibility index (Phi) is 5.36. The maximum absolute atomic E-state index is 13.1. The first-order valence-corrected chi connectivity index (χ1v) is 10.7. The molecule has 4 amide bonds. The molecular weight excluding hydrogens is 440 g/mol. The van der Waals surface area contributed by atoms with Crippen molar-refractivity contribution >= 4 is 28.8 Å². The predicted molar refractivity (Wildman–Crippen MR) is 120 cm³/mol. The summed E-state index contributed by atoms with van der Waals surface area (Å²) in [5.74, 6) is 0.636. The number of H-pyrrole nitrogens is 1. The molecule has 3 N–H and O–H groups in total. The highest BCUT2D eigenvalue weighted by atomic mass is 16.5. The number of aromatic amines is 1. The molecular formula is C23H22N6O5. The molecule has 1 saturated heterocycles. The van der Waals surface area contributed by atoms with Crippen molar-refractivity contribution in [2.45, 2.75) is 18.4 Å². The van der Waals surface area contributed by atoms with E-state index in [1.807, 2.05) is 24.3 Å². The van der Waals surface area contributed by atoms with Crippen LogP contribution in [0.25, 0.3) is 22.4 Å². The van der Waals surface area contributed by atoms with Gasteiger partial charge < -0.3 is 19.4 Å². The Hall–Kier alpha value is -4.41. The molecule has 2 aliphatic heterocycles. The topological polar surface area (TPSA) is 142 Å². The van der Waals surface area contributed by atoms with Crippen LogP contribution in [0, 0.1) is 0 Å². The monoisotopic (exact) mass is 462 g/mol. The zero-order chi connectivity index (χ0) is 23.7. The Labute approximate surface area is 193 Å². The summed E-state index contributed by atoms with van der Waals surface area (Å²) in [5.41, 5.74) is -0.254.